The van der Waals surface area contributed by atoms with E-state index in [1.165, 1.54) is 6.20 Å². The predicted octanol–water partition coefficient (Wildman–Crippen LogP) is 3.01. The topological polar surface area (TPSA) is 67.2 Å². The third kappa shape index (κ3) is 2.58. The minimum absolute atomic E-state index is 0.0649. The molecule has 3 rings (SSSR count). The van der Waals surface area contributed by atoms with E-state index in [9.17, 15) is 18.4 Å². The molecule has 6 nitrogen and oxygen atoms in total. The molecule has 1 aliphatic heterocycles. The number of aromatic nitrogens is 2. The van der Waals surface area contributed by atoms with Gasteiger partial charge in [-0.3, -0.25) is 14.3 Å². The van der Waals surface area contributed by atoms with Crippen LogP contribution in [0.4, 0.5) is 13.6 Å². The Hall–Kier alpha value is -2.29. The second-order valence-corrected chi connectivity index (χ2v) is 6.31. The van der Waals surface area contributed by atoms with Crippen molar-refractivity contribution >= 4 is 27.9 Å². The summed E-state index contributed by atoms with van der Waals surface area (Å²) in [6.07, 6.45) is 2.30. The van der Waals surface area contributed by atoms with Crippen LogP contribution >= 0.6 is 15.9 Å². The molecule has 1 fully saturated rings. The highest BCUT2D eigenvalue weighted by molar-refractivity contribution is 9.10. The van der Waals surface area contributed by atoms with E-state index in [0.717, 1.165) is 11.1 Å². The van der Waals surface area contributed by atoms with Crippen molar-refractivity contribution in [1.82, 2.24) is 19.8 Å². The molecule has 2 aromatic rings. The van der Waals surface area contributed by atoms with Gasteiger partial charge >= 0.3 is 12.6 Å². The van der Waals surface area contributed by atoms with Crippen molar-refractivity contribution in [3.63, 3.8) is 0 Å². The number of nitrogens with one attached hydrogen (secondary N) is 1. The van der Waals surface area contributed by atoms with Gasteiger partial charge in [0, 0.05) is 22.4 Å². The van der Waals surface area contributed by atoms with E-state index in [1.54, 1.807) is 31.2 Å². The molecule has 2 heterocycles. The van der Waals surface area contributed by atoms with Gasteiger partial charge in [-0.25, -0.2) is 9.78 Å². The number of rotatable bonds is 4. The number of alkyl halides is 2. The lowest BCUT2D eigenvalue weighted by Gasteiger charge is -2.23. The van der Waals surface area contributed by atoms with Crippen LogP contribution in [0.5, 0.6) is 0 Å². The van der Waals surface area contributed by atoms with Crippen molar-refractivity contribution in [3.8, 4) is 0 Å². The summed E-state index contributed by atoms with van der Waals surface area (Å²) < 4.78 is 27.1. The second kappa shape index (κ2) is 5.97. The lowest BCUT2D eigenvalue weighted by Crippen LogP contribution is -2.41. The van der Waals surface area contributed by atoms with E-state index in [1.807, 2.05) is 0 Å². The van der Waals surface area contributed by atoms with Crippen molar-refractivity contribution in [2.45, 2.75) is 25.6 Å². The predicted molar refractivity (Wildman–Crippen MR) is 84.1 cm³/mol. The Morgan fingerprint density at radius 1 is 1.33 bits per heavy atom. The Balaban J connectivity index is 1.92. The summed E-state index contributed by atoms with van der Waals surface area (Å²) in [5, 5.41) is 2.63. The van der Waals surface area contributed by atoms with Gasteiger partial charge in [-0.2, -0.15) is 8.78 Å². The number of nitrogens with zero attached hydrogens (tertiary/aromatic N) is 3. The summed E-state index contributed by atoms with van der Waals surface area (Å²) >= 11 is 3.36. The van der Waals surface area contributed by atoms with Crippen molar-refractivity contribution < 1.29 is 18.4 Å². The molecule has 0 spiro atoms. The maximum absolute atomic E-state index is 12.9. The zero-order chi connectivity index (χ0) is 17.5. The number of hydrogen-bond acceptors (Lipinski definition) is 3. The van der Waals surface area contributed by atoms with E-state index < -0.39 is 24.0 Å². The molecule has 3 amide bonds. The molecule has 9 heteroatoms. The number of imidazole rings is 1. The van der Waals surface area contributed by atoms with Gasteiger partial charge in [0.15, 0.2) is 0 Å². The lowest BCUT2D eigenvalue weighted by molar-refractivity contribution is -0.131. The van der Waals surface area contributed by atoms with E-state index in [0.29, 0.717) is 14.6 Å². The van der Waals surface area contributed by atoms with Crippen LogP contribution in [-0.4, -0.2) is 26.4 Å². The van der Waals surface area contributed by atoms with Crippen LogP contribution in [0.25, 0.3) is 0 Å². The molecule has 0 saturated carbocycles. The molecular formula is C15H13BrF2N4O2. The second-order valence-electron chi connectivity index (χ2n) is 5.45. The molecule has 1 aromatic carbocycles. The van der Waals surface area contributed by atoms with Crippen molar-refractivity contribution in [3.05, 3.63) is 52.5 Å². The number of hydrogen-bond donors (Lipinski definition) is 1. The van der Waals surface area contributed by atoms with Gasteiger partial charge in [-0.1, -0.05) is 34.1 Å². The maximum atomic E-state index is 12.9. The molecule has 1 aromatic heterocycles. The largest absolute Gasteiger partial charge is 0.325 e. The van der Waals surface area contributed by atoms with Crippen LogP contribution < -0.4 is 5.32 Å². The molecule has 1 N–H and O–H groups in total. The van der Waals surface area contributed by atoms with Gasteiger partial charge in [0.05, 0.1) is 6.54 Å². The molecule has 1 atom stereocenters. The molecule has 126 valence electrons. The zero-order valence-corrected chi connectivity index (χ0v) is 14.1. The number of urea groups is 1. The fraction of sp³-hybridized carbons (Fsp3) is 0.267. The molecule has 24 heavy (non-hydrogen) atoms. The molecule has 1 aliphatic rings. The summed E-state index contributed by atoms with van der Waals surface area (Å²) in [6.45, 7) is -1.55. The average Bonchev–Trinajstić information content (AvgIpc) is 3.07. The first kappa shape index (κ1) is 16.6. The number of imide groups is 1. The number of amides is 3. The minimum atomic E-state index is -2.79. The smallest absolute Gasteiger partial charge is 0.319 e. The molecule has 0 bridgehead atoms. The van der Waals surface area contributed by atoms with E-state index >= 15 is 0 Å². The van der Waals surface area contributed by atoms with Crippen LogP contribution in [0.3, 0.4) is 0 Å². The van der Waals surface area contributed by atoms with Crippen LogP contribution in [0.15, 0.2) is 41.1 Å². The number of carbonyl (C=O) groups is 2. The molecule has 0 aliphatic carbocycles. The van der Waals surface area contributed by atoms with Gasteiger partial charge in [-0.05, 0) is 13.0 Å². The van der Waals surface area contributed by atoms with Crippen LogP contribution in [0.1, 0.15) is 24.9 Å². The lowest BCUT2D eigenvalue weighted by atomic mass is 9.92. The first-order valence-corrected chi connectivity index (χ1v) is 7.83. The maximum Gasteiger partial charge on any atom is 0.325 e. The molecule has 0 radical (unpaired) electrons. The summed E-state index contributed by atoms with van der Waals surface area (Å²) in [6, 6.07) is 6.35. The van der Waals surface area contributed by atoms with Gasteiger partial charge in [-0.15, -0.1) is 0 Å². The zero-order valence-electron chi connectivity index (χ0n) is 12.5. The normalized spacial score (nSPS) is 20.8. The highest BCUT2D eigenvalue weighted by Crippen LogP contribution is 2.34. The SMILES string of the molecule is CC1(c2ccccc2Br)NC(=O)N(Cc2nccn2C(F)F)C1=O. The first-order chi connectivity index (χ1) is 11.3. The third-order valence-electron chi connectivity index (χ3n) is 3.95. The van der Waals surface area contributed by atoms with Crippen molar-refractivity contribution in [1.29, 1.82) is 0 Å². The Bertz CT molecular complexity index is 810. The van der Waals surface area contributed by atoms with Gasteiger partial charge in [0.2, 0.25) is 0 Å². The fourth-order valence-electron chi connectivity index (χ4n) is 2.68. The average molecular weight is 399 g/mol. The monoisotopic (exact) mass is 398 g/mol. The van der Waals surface area contributed by atoms with Crippen molar-refractivity contribution in [2.75, 3.05) is 0 Å². The quantitative estimate of drug-likeness (QED) is 0.804. The fourth-order valence-corrected chi connectivity index (χ4v) is 3.36. The van der Waals surface area contributed by atoms with Crippen molar-refractivity contribution in [2.24, 2.45) is 0 Å². The summed E-state index contributed by atoms with van der Waals surface area (Å²) in [4.78, 5) is 29.7. The molecule has 1 unspecified atom stereocenters. The standard InChI is InChI=1S/C15H13BrF2N4O2/c1-15(9-4-2-3-5-10(9)16)12(23)22(14(24)20-15)8-11-19-6-7-21(11)13(17)18/h2-7,13H,8H2,1H3,(H,20,24). The number of halogens is 3. The molecular weight excluding hydrogens is 386 g/mol. The van der Waals surface area contributed by atoms with Gasteiger partial charge in [0.25, 0.3) is 5.91 Å². The summed E-state index contributed by atoms with van der Waals surface area (Å²) in [5.74, 6) is -0.590. The van der Waals surface area contributed by atoms with E-state index in [-0.39, 0.29) is 12.4 Å². The van der Waals surface area contributed by atoms with E-state index in [2.05, 4.69) is 26.2 Å². The Kier molecular flexibility index (Phi) is 4.12. The minimum Gasteiger partial charge on any atom is -0.319 e. The van der Waals surface area contributed by atoms with Crippen LogP contribution in [-0.2, 0) is 16.9 Å². The highest BCUT2D eigenvalue weighted by Gasteiger charge is 2.50. The van der Waals surface area contributed by atoms with Crippen LogP contribution in [0.2, 0.25) is 0 Å². The van der Waals surface area contributed by atoms with Gasteiger partial charge < -0.3 is 5.32 Å². The molecule has 1 saturated heterocycles. The highest BCUT2D eigenvalue weighted by atomic mass is 79.9. The Labute approximate surface area is 144 Å². The Morgan fingerprint density at radius 2 is 2.04 bits per heavy atom. The number of benzene rings is 1. The third-order valence-corrected chi connectivity index (χ3v) is 4.64. The number of carbonyl (C=O) groups excluding carboxylic acids is 2. The summed E-state index contributed by atoms with van der Waals surface area (Å²) in [5.41, 5.74) is -0.692. The van der Waals surface area contributed by atoms with E-state index in [4.69, 9.17) is 0 Å². The van der Waals surface area contributed by atoms with Gasteiger partial charge in [0.1, 0.15) is 11.4 Å². The first-order valence-electron chi connectivity index (χ1n) is 7.03. The van der Waals surface area contributed by atoms with Crippen LogP contribution in [0, 0.1) is 0 Å². The Morgan fingerprint density at radius 3 is 2.71 bits per heavy atom. The summed E-state index contributed by atoms with van der Waals surface area (Å²) in [7, 11) is 0.